The number of rotatable bonds is 5. The first-order chi connectivity index (χ1) is 14.0. The predicted molar refractivity (Wildman–Crippen MR) is 108 cm³/mol. The van der Waals surface area contributed by atoms with E-state index in [2.05, 4.69) is 11.4 Å². The molecule has 0 bridgehead atoms. The zero-order valence-electron chi connectivity index (χ0n) is 16.3. The normalized spacial score (nSPS) is 20.6. The number of benzene rings is 1. The van der Waals surface area contributed by atoms with Crippen molar-refractivity contribution < 1.29 is 14.5 Å². The number of hydrogen-bond donors (Lipinski definition) is 1. The Morgan fingerprint density at radius 1 is 1.14 bits per heavy atom. The first-order valence-electron chi connectivity index (χ1n) is 10.3. The van der Waals surface area contributed by atoms with Crippen molar-refractivity contribution in [1.29, 1.82) is 0 Å². The molecule has 1 aromatic carbocycles. The maximum absolute atomic E-state index is 13.3. The molecule has 7 nitrogen and oxygen atoms in total. The van der Waals surface area contributed by atoms with E-state index >= 15 is 0 Å². The lowest BCUT2D eigenvalue weighted by atomic mass is 9.94. The number of carbonyl (C=O) groups is 2. The van der Waals surface area contributed by atoms with Gasteiger partial charge in [0.05, 0.1) is 4.92 Å². The number of amides is 2. The van der Waals surface area contributed by atoms with E-state index < -0.39 is 11.0 Å². The number of nitro groups is 1. The predicted octanol–water partition coefficient (Wildman–Crippen LogP) is 3.57. The van der Waals surface area contributed by atoms with Crippen LogP contribution in [0.15, 0.2) is 47.6 Å². The molecule has 1 N–H and O–H groups in total. The summed E-state index contributed by atoms with van der Waals surface area (Å²) in [4.78, 5) is 38.3. The Bertz CT molecular complexity index is 882. The summed E-state index contributed by atoms with van der Waals surface area (Å²) in [5.41, 5.74) is 2.71. The Balaban J connectivity index is 1.64. The lowest BCUT2D eigenvalue weighted by molar-refractivity contribution is -0.384. The van der Waals surface area contributed by atoms with Gasteiger partial charge in [-0.3, -0.25) is 19.7 Å². The zero-order chi connectivity index (χ0) is 20.4. The van der Waals surface area contributed by atoms with Crippen molar-refractivity contribution >= 4 is 17.5 Å². The van der Waals surface area contributed by atoms with Crippen molar-refractivity contribution in [3.63, 3.8) is 0 Å². The second-order valence-electron chi connectivity index (χ2n) is 8.00. The maximum atomic E-state index is 13.3. The monoisotopic (exact) mass is 395 g/mol. The fourth-order valence-electron chi connectivity index (χ4n) is 4.51. The molecule has 29 heavy (non-hydrogen) atoms. The second kappa shape index (κ2) is 8.19. The quantitative estimate of drug-likeness (QED) is 0.609. The molecule has 1 saturated carbocycles. The molecule has 0 saturated heterocycles. The number of nitrogens with zero attached hydrogens (tertiary/aromatic N) is 2. The SMILES string of the molecule is O=C(NC1CCCCC1)C(c1ccc([N+](=O)[O-])cc1)N1CC2=CCCC2=CC1=O. The van der Waals surface area contributed by atoms with Crippen LogP contribution in [-0.2, 0) is 9.59 Å². The van der Waals surface area contributed by atoms with E-state index in [1.165, 1.54) is 18.6 Å². The molecule has 7 heteroatoms. The highest BCUT2D eigenvalue weighted by Crippen LogP contribution is 2.34. The standard InChI is InChI=1S/C22H25N3O4/c26-20-13-16-5-4-6-17(16)14-24(20)21(15-9-11-19(12-10-15)25(28)29)22(27)23-18-7-2-1-3-8-18/h6,9-13,18,21H,1-5,7-8,14H2,(H,23,27). The number of fused-ring (bicyclic) bond motifs is 1. The van der Waals surface area contributed by atoms with E-state index in [1.54, 1.807) is 23.1 Å². The van der Waals surface area contributed by atoms with Crippen LogP contribution >= 0.6 is 0 Å². The summed E-state index contributed by atoms with van der Waals surface area (Å²) < 4.78 is 0. The zero-order valence-corrected chi connectivity index (χ0v) is 16.3. The van der Waals surface area contributed by atoms with Gasteiger partial charge < -0.3 is 10.2 Å². The molecule has 152 valence electrons. The van der Waals surface area contributed by atoms with Gasteiger partial charge in [0.1, 0.15) is 6.04 Å². The molecule has 2 amide bonds. The Hall–Kier alpha value is -2.96. The topological polar surface area (TPSA) is 92.5 Å². The number of nitrogens with one attached hydrogen (secondary N) is 1. The Kier molecular flexibility index (Phi) is 5.47. The van der Waals surface area contributed by atoms with Gasteiger partial charge in [-0.25, -0.2) is 0 Å². The molecule has 3 aliphatic rings. The van der Waals surface area contributed by atoms with Gasteiger partial charge in [0.25, 0.3) is 5.69 Å². The van der Waals surface area contributed by atoms with E-state index in [9.17, 15) is 19.7 Å². The number of nitro benzene ring substituents is 1. The third kappa shape index (κ3) is 4.09. The summed E-state index contributed by atoms with van der Waals surface area (Å²) in [6.45, 7) is 0.393. The molecule has 2 aliphatic carbocycles. The minimum Gasteiger partial charge on any atom is -0.351 e. The van der Waals surface area contributed by atoms with Crippen LogP contribution in [0, 0.1) is 10.1 Å². The lowest BCUT2D eigenvalue weighted by Crippen LogP contribution is -2.48. The van der Waals surface area contributed by atoms with Gasteiger partial charge in [0.2, 0.25) is 11.8 Å². The van der Waals surface area contributed by atoms with Crippen LogP contribution in [0.5, 0.6) is 0 Å². The van der Waals surface area contributed by atoms with Crippen molar-refractivity contribution in [1.82, 2.24) is 10.2 Å². The average Bonchev–Trinajstić information content (AvgIpc) is 3.16. The first kappa shape index (κ1) is 19.4. The highest BCUT2D eigenvalue weighted by molar-refractivity contribution is 5.96. The van der Waals surface area contributed by atoms with E-state index in [-0.39, 0.29) is 23.5 Å². The molecular weight excluding hydrogens is 370 g/mol. The van der Waals surface area contributed by atoms with Gasteiger partial charge in [-0.2, -0.15) is 0 Å². The van der Waals surface area contributed by atoms with Crippen molar-refractivity contribution in [3.05, 3.63) is 63.2 Å². The molecule has 1 unspecified atom stereocenters. The molecule has 1 heterocycles. The van der Waals surface area contributed by atoms with Crippen molar-refractivity contribution in [2.45, 2.75) is 57.0 Å². The van der Waals surface area contributed by atoms with E-state index in [0.717, 1.165) is 49.7 Å². The molecule has 0 spiro atoms. The summed E-state index contributed by atoms with van der Waals surface area (Å²) in [7, 11) is 0. The highest BCUT2D eigenvalue weighted by Gasteiger charge is 2.36. The average molecular weight is 395 g/mol. The van der Waals surface area contributed by atoms with Crippen LogP contribution in [0.1, 0.15) is 56.6 Å². The minimum absolute atomic E-state index is 0.0363. The third-order valence-electron chi connectivity index (χ3n) is 6.07. The summed E-state index contributed by atoms with van der Waals surface area (Å²) in [6, 6.07) is 5.26. The molecule has 4 rings (SSSR count). The Labute approximate surface area is 169 Å². The summed E-state index contributed by atoms with van der Waals surface area (Å²) in [5.74, 6) is -0.393. The summed E-state index contributed by atoms with van der Waals surface area (Å²) >= 11 is 0. The summed E-state index contributed by atoms with van der Waals surface area (Å²) in [5, 5.41) is 14.1. The van der Waals surface area contributed by atoms with Crippen molar-refractivity contribution in [2.24, 2.45) is 0 Å². The van der Waals surface area contributed by atoms with Gasteiger partial charge in [-0.15, -0.1) is 0 Å². The molecule has 0 aromatic heterocycles. The fourth-order valence-corrected chi connectivity index (χ4v) is 4.51. The van der Waals surface area contributed by atoms with Gasteiger partial charge in [0.15, 0.2) is 0 Å². The van der Waals surface area contributed by atoms with Gasteiger partial charge in [0, 0.05) is 30.8 Å². The Morgan fingerprint density at radius 2 is 1.86 bits per heavy atom. The molecular formula is C22H25N3O4. The molecule has 1 atom stereocenters. The van der Waals surface area contributed by atoms with E-state index in [1.807, 2.05) is 0 Å². The van der Waals surface area contributed by atoms with Crippen LogP contribution in [0.3, 0.4) is 0 Å². The van der Waals surface area contributed by atoms with Crippen LogP contribution in [0.4, 0.5) is 5.69 Å². The number of allylic oxidation sites excluding steroid dienone is 1. The van der Waals surface area contributed by atoms with Crippen LogP contribution < -0.4 is 5.32 Å². The van der Waals surface area contributed by atoms with E-state index in [0.29, 0.717) is 12.1 Å². The fraction of sp³-hybridized carbons (Fsp3) is 0.455. The third-order valence-corrected chi connectivity index (χ3v) is 6.07. The van der Waals surface area contributed by atoms with Crippen LogP contribution in [0.2, 0.25) is 0 Å². The van der Waals surface area contributed by atoms with Gasteiger partial charge in [-0.1, -0.05) is 25.3 Å². The first-order valence-corrected chi connectivity index (χ1v) is 10.3. The highest BCUT2D eigenvalue weighted by atomic mass is 16.6. The van der Waals surface area contributed by atoms with Gasteiger partial charge >= 0.3 is 0 Å². The Morgan fingerprint density at radius 3 is 2.55 bits per heavy atom. The smallest absolute Gasteiger partial charge is 0.269 e. The van der Waals surface area contributed by atoms with E-state index in [4.69, 9.17) is 0 Å². The van der Waals surface area contributed by atoms with Crippen LogP contribution in [-0.4, -0.2) is 34.2 Å². The molecule has 1 aromatic rings. The van der Waals surface area contributed by atoms with Crippen molar-refractivity contribution in [2.75, 3.05) is 6.54 Å². The summed E-state index contributed by atoms with van der Waals surface area (Å²) in [6.07, 6.45) is 10.8. The lowest BCUT2D eigenvalue weighted by Gasteiger charge is -2.35. The number of hydrogen-bond acceptors (Lipinski definition) is 4. The minimum atomic E-state index is -0.801. The number of carbonyl (C=O) groups excluding carboxylic acids is 2. The molecule has 1 aliphatic heterocycles. The second-order valence-corrected chi connectivity index (χ2v) is 8.00. The van der Waals surface area contributed by atoms with Gasteiger partial charge in [-0.05, 0) is 54.5 Å². The number of non-ortho nitro benzene ring substituents is 1. The molecule has 1 fully saturated rings. The van der Waals surface area contributed by atoms with Crippen LogP contribution in [0.25, 0.3) is 0 Å². The molecule has 0 radical (unpaired) electrons. The van der Waals surface area contributed by atoms with Crippen molar-refractivity contribution in [3.8, 4) is 0 Å². The largest absolute Gasteiger partial charge is 0.351 e. The maximum Gasteiger partial charge on any atom is 0.269 e.